The SMILES string of the molecule is O=C(Cn1ccc(C(F)(F)F)n1)NCc1ccc(Cn2ccnc2)cc1. The van der Waals surface area contributed by atoms with Crippen molar-refractivity contribution in [2.24, 2.45) is 0 Å². The molecule has 136 valence electrons. The highest BCUT2D eigenvalue weighted by atomic mass is 19.4. The van der Waals surface area contributed by atoms with Gasteiger partial charge in [-0.25, -0.2) is 4.98 Å². The molecular weight excluding hydrogens is 347 g/mol. The zero-order valence-corrected chi connectivity index (χ0v) is 13.6. The van der Waals surface area contributed by atoms with Crippen molar-refractivity contribution < 1.29 is 18.0 Å². The molecule has 1 N–H and O–H groups in total. The van der Waals surface area contributed by atoms with Crippen molar-refractivity contribution in [3.63, 3.8) is 0 Å². The van der Waals surface area contributed by atoms with Gasteiger partial charge in [0.1, 0.15) is 6.54 Å². The van der Waals surface area contributed by atoms with Crippen LogP contribution in [0.3, 0.4) is 0 Å². The van der Waals surface area contributed by atoms with E-state index in [4.69, 9.17) is 0 Å². The normalized spacial score (nSPS) is 11.5. The van der Waals surface area contributed by atoms with Gasteiger partial charge < -0.3 is 9.88 Å². The van der Waals surface area contributed by atoms with Gasteiger partial charge in [0.2, 0.25) is 5.91 Å². The summed E-state index contributed by atoms with van der Waals surface area (Å²) in [5.41, 5.74) is 0.970. The lowest BCUT2D eigenvalue weighted by Gasteiger charge is -2.07. The zero-order valence-electron chi connectivity index (χ0n) is 13.6. The molecule has 0 bridgehead atoms. The van der Waals surface area contributed by atoms with Crippen molar-refractivity contribution in [2.75, 3.05) is 0 Å². The van der Waals surface area contributed by atoms with Crippen LogP contribution in [-0.4, -0.2) is 25.2 Å². The molecule has 1 amide bonds. The van der Waals surface area contributed by atoms with E-state index in [1.807, 2.05) is 35.0 Å². The molecule has 1 aromatic carbocycles. The van der Waals surface area contributed by atoms with Gasteiger partial charge in [0, 0.05) is 31.7 Å². The molecule has 6 nitrogen and oxygen atoms in total. The van der Waals surface area contributed by atoms with Crippen LogP contribution >= 0.6 is 0 Å². The highest BCUT2D eigenvalue weighted by Crippen LogP contribution is 2.27. The fraction of sp³-hybridized carbons (Fsp3) is 0.235. The molecule has 0 fully saturated rings. The van der Waals surface area contributed by atoms with Crippen molar-refractivity contribution >= 4 is 5.91 Å². The lowest BCUT2D eigenvalue weighted by Crippen LogP contribution is -2.27. The number of hydrogen-bond donors (Lipinski definition) is 1. The highest BCUT2D eigenvalue weighted by Gasteiger charge is 2.33. The van der Waals surface area contributed by atoms with E-state index in [0.29, 0.717) is 6.54 Å². The molecule has 3 rings (SSSR count). The Balaban J connectivity index is 1.49. The molecule has 26 heavy (non-hydrogen) atoms. The van der Waals surface area contributed by atoms with Crippen molar-refractivity contribution in [2.45, 2.75) is 25.8 Å². The summed E-state index contributed by atoms with van der Waals surface area (Å²) in [6, 6.07) is 8.52. The number of carbonyl (C=O) groups is 1. The zero-order chi connectivity index (χ0) is 18.6. The van der Waals surface area contributed by atoms with E-state index >= 15 is 0 Å². The number of nitrogens with zero attached hydrogens (tertiary/aromatic N) is 4. The van der Waals surface area contributed by atoms with Crippen LogP contribution in [0.4, 0.5) is 13.2 Å². The number of carbonyl (C=O) groups excluding carboxylic acids is 1. The second-order valence-corrected chi connectivity index (χ2v) is 5.72. The van der Waals surface area contributed by atoms with Gasteiger partial charge in [-0.1, -0.05) is 24.3 Å². The first-order valence-electron chi connectivity index (χ1n) is 7.81. The van der Waals surface area contributed by atoms with E-state index in [9.17, 15) is 18.0 Å². The van der Waals surface area contributed by atoms with Gasteiger partial charge in [0.25, 0.3) is 0 Å². The molecule has 9 heteroatoms. The Bertz CT molecular complexity index is 853. The Kier molecular flexibility index (Phi) is 5.06. The summed E-state index contributed by atoms with van der Waals surface area (Å²) < 4.78 is 40.3. The van der Waals surface area contributed by atoms with Crippen LogP contribution in [0, 0.1) is 0 Å². The summed E-state index contributed by atoms with van der Waals surface area (Å²) >= 11 is 0. The van der Waals surface area contributed by atoms with Crippen LogP contribution in [0.15, 0.2) is 55.2 Å². The summed E-state index contributed by atoms with van der Waals surface area (Å²) in [5.74, 6) is -0.413. The second kappa shape index (κ2) is 7.42. The predicted molar refractivity (Wildman–Crippen MR) is 86.8 cm³/mol. The Morgan fingerprint density at radius 2 is 1.81 bits per heavy atom. The Hall–Kier alpha value is -3.10. The molecule has 2 aromatic heterocycles. The number of hydrogen-bond acceptors (Lipinski definition) is 3. The molecule has 0 radical (unpaired) electrons. The van der Waals surface area contributed by atoms with Crippen molar-refractivity contribution in [1.82, 2.24) is 24.6 Å². The first kappa shape index (κ1) is 17.7. The molecule has 0 spiro atoms. The summed E-state index contributed by atoms with van der Waals surface area (Å²) in [6.07, 6.45) is 1.93. The maximum Gasteiger partial charge on any atom is 0.435 e. The molecule has 0 aliphatic heterocycles. The summed E-state index contributed by atoms with van der Waals surface area (Å²) in [7, 11) is 0. The van der Waals surface area contributed by atoms with Gasteiger partial charge in [-0.2, -0.15) is 18.3 Å². The second-order valence-electron chi connectivity index (χ2n) is 5.72. The summed E-state index contributed by atoms with van der Waals surface area (Å²) in [5, 5.41) is 6.01. The standard InChI is InChI=1S/C17H16F3N5O/c18-17(19,20)15-5-7-25(23-15)11-16(26)22-9-13-1-3-14(4-2-13)10-24-8-6-21-12-24/h1-8,12H,9-11H2,(H,22,26). The largest absolute Gasteiger partial charge is 0.435 e. The molecule has 0 saturated carbocycles. The van der Waals surface area contributed by atoms with Gasteiger partial charge in [0.05, 0.1) is 6.33 Å². The number of amides is 1. The number of halogens is 3. The van der Waals surface area contributed by atoms with E-state index in [-0.39, 0.29) is 13.1 Å². The van der Waals surface area contributed by atoms with Gasteiger partial charge in [0.15, 0.2) is 5.69 Å². The molecule has 0 aliphatic rings. The summed E-state index contributed by atoms with van der Waals surface area (Å²) in [4.78, 5) is 15.8. The fourth-order valence-electron chi connectivity index (χ4n) is 2.36. The molecule has 3 aromatic rings. The third kappa shape index (κ3) is 4.71. The smallest absolute Gasteiger partial charge is 0.350 e. The van der Waals surface area contributed by atoms with E-state index in [2.05, 4.69) is 15.4 Å². The lowest BCUT2D eigenvalue weighted by molar-refractivity contribution is -0.141. The van der Waals surface area contributed by atoms with Crippen LogP contribution < -0.4 is 5.32 Å². The molecule has 0 saturated heterocycles. The van der Waals surface area contributed by atoms with E-state index in [0.717, 1.165) is 28.1 Å². The van der Waals surface area contributed by atoms with Crippen LogP contribution in [0.2, 0.25) is 0 Å². The van der Waals surface area contributed by atoms with E-state index in [1.165, 1.54) is 0 Å². The predicted octanol–water partition coefficient (Wildman–Crippen LogP) is 2.46. The minimum atomic E-state index is -4.51. The number of aromatic nitrogens is 4. The van der Waals surface area contributed by atoms with Gasteiger partial charge in [-0.3, -0.25) is 9.48 Å². The van der Waals surface area contributed by atoms with Crippen molar-refractivity contribution in [3.05, 3.63) is 72.1 Å². The van der Waals surface area contributed by atoms with Crippen molar-refractivity contribution in [3.8, 4) is 0 Å². The number of rotatable bonds is 6. The average Bonchev–Trinajstić information content (AvgIpc) is 3.26. The third-order valence-electron chi connectivity index (χ3n) is 3.67. The highest BCUT2D eigenvalue weighted by molar-refractivity contribution is 5.75. The Labute approximate surface area is 147 Å². The van der Waals surface area contributed by atoms with Crippen LogP contribution in [0.1, 0.15) is 16.8 Å². The first-order valence-corrected chi connectivity index (χ1v) is 7.81. The number of nitrogens with one attached hydrogen (secondary N) is 1. The Morgan fingerprint density at radius 1 is 1.08 bits per heavy atom. The van der Waals surface area contributed by atoms with Crippen LogP contribution in [0.5, 0.6) is 0 Å². The molecule has 2 heterocycles. The number of imidazole rings is 1. The molecule has 0 atom stereocenters. The van der Waals surface area contributed by atoms with E-state index < -0.39 is 17.8 Å². The van der Waals surface area contributed by atoms with Crippen LogP contribution in [-0.2, 0) is 30.6 Å². The van der Waals surface area contributed by atoms with E-state index in [1.54, 1.807) is 12.5 Å². The molecule has 0 unspecified atom stereocenters. The average molecular weight is 363 g/mol. The fourth-order valence-corrected chi connectivity index (χ4v) is 2.36. The van der Waals surface area contributed by atoms with Gasteiger partial charge in [-0.05, 0) is 17.2 Å². The maximum atomic E-state index is 12.5. The van der Waals surface area contributed by atoms with Crippen LogP contribution in [0.25, 0.3) is 0 Å². The minimum absolute atomic E-state index is 0.269. The lowest BCUT2D eigenvalue weighted by atomic mass is 10.1. The van der Waals surface area contributed by atoms with Gasteiger partial charge >= 0.3 is 6.18 Å². The quantitative estimate of drug-likeness (QED) is 0.732. The maximum absolute atomic E-state index is 12.5. The number of benzene rings is 1. The monoisotopic (exact) mass is 363 g/mol. The minimum Gasteiger partial charge on any atom is -0.350 e. The number of alkyl halides is 3. The third-order valence-corrected chi connectivity index (χ3v) is 3.67. The molecular formula is C17H16F3N5O. The summed E-state index contributed by atoms with van der Waals surface area (Å²) in [6.45, 7) is 0.722. The van der Waals surface area contributed by atoms with Gasteiger partial charge in [-0.15, -0.1) is 0 Å². The molecule has 0 aliphatic carbocycles. The topological polar surface area (TPSA) is 64.7 Å². The van der Waals surface area contributed by atoms with Crippen molar-refractivity contribution in [1.29, 1.82) is 0 Å². The first-order chi connectivity index (χ1) is 12.4. The Morgan fingerprint density at radius 3 is 2.42 bits per heavy atom.